The molecule has 3 aromatic rings. The van der Waals surface area contributed by atoms with Crippen molar-refractivity contribution in [3.63, 3.8) is 0 Å². The Bertz CT molecular complexity index is 1180. The van der Waals surface area contributed by atoms with Crippen LogP contribution < -0.4 is 10.6 Å². The molecule has 0 radical (unpaired) electrons. The lowest BCUT2D eigenvalue weighted by molar-refractivity contribution is -0.386. The predicted octanol–water partition coefficient (Wildman–Crippen LogP) is 5.17. The molecule has 8 heteroatoms. The fourth-order valence-corrected chi connectivity index (χ4v) is 4.43. The molecule has 3 aromatic carbocycles. The van der Waals surface area contributed by atoms with Crippen molar-refractivity contribution in [1.82, 2.24) is 5.32 Å². The van der Waals surface area contributed by atoms with Crippen LogP contribution in [0.3, 0.4) is 0 Å². The van der Waals surface area contributed by atoms with Gasteiger partial charge in [0.15, 0.2) is 5.78 Å². The fraction of sp³-hybridized carbons (Fsp3) is 0.259. The molecule has 1 unspecified atom stereocenters. The number of ketones is 1. The number of piperidine rings is 1. The van der Waals surface area contributed by atoms with E-state index in [0.29, 0.717) is 41.2 Å². The predicted molar refractivity (Wildman–Crippen MR) is 133 cm³/mol. The van der Waals surface area contributed by atoms with Gasteiger partial charge in [-0.3, -0.25) is 19.7 Å². The van der Waals surface area contributed by atoms with Crippen LogP contribution in [0.2, 0.25) is 0 Å². The van der Waals surface area contributed by atoms with E-state index in [9.17, 15) is 19.7 Å². The van der Waals surface area contributed by atoms with Crippen molar-refractivity contribution < 1.29 is 19.2 Å². The molecule has 1 aliphatic rings. The molecular formula is C27H27N3O5. The van der Waals surface area contributed by atoms with Crippen LogP contribution in [0.15, 0.2) is 72.8 Å². The Balaban J connectivity index is 1.55. The average molecular weight is 474 g/mol. The molecule has 35 heavy (non-hydrogen) atoms. The summed E-state index contributed by atoms with van der Waals surface area (Å²) < 4.78 is 5.34. The molecule has 1 saturated heterocycles. The van der Waals surface area contributed by atoms with Crippen molar-refractivity contribution in [2.24, 2.45) is 5.92 Å². The van der Waals surface area contributed by atoms with Crippen LogP contribution in [0.5, 0.6) is 0 Å². The van der Waals surface area contributed by atoms with Crippen molar-refractivity contribution in [2.75, 3.05) is 18.4 Å². The van der Waals surface area contributed by atoms with E-state index in [4.69, 9.17) is 4.74 Å². The van der Waals surface area contributed by atoms with Crippen LogP contribution in [-0.4, -0.2) is 30.3 Å². The minimum Gasteiger partial charge on any atom is -0.459 e. The number of benzene rings is 3. The molecule has 1 atom stereocenters. The molecular weight excluding hydrogens is 446 g/mol. The van der Waals surface area contributed by atoms with Crippen LogP contribution in [0.4, 0.5) is 17.1 Å². The zero-order valence-corrected chi connectivity index (χ0v) is 19.2. The zero-order valence-electron chi connectivity index (χ0n) is 19.2. The van der Waals surface area contributed by atoms with Gasteiger partial charge in [0.05, 0.1) is 10.5 Å². The summed E-state index contributed by atoms with van der Waals surface area (Å²) in [5.74, 6) is 0.244. The second kappa shape index (κ2) is 11.4. The van der Waals surface area contributed by atoms with Gasteiger partial charge in [-0.1, -0.05) is 30.3 Å². The van der Waals surface area contributed by atoms with Crippen molar-refractivity contribution in [2.45, 2.75) is 25.4 Å². The topological polar surface area (TPSA) is 111 Å². The maximum atomic E-state index is 12.6. The number of nitro benzene ring substituents is 1. The number of hydrogen-bond donors (Lipinski definition) is 2. The highest BCUT2D eigenvalue weighted by molar-refractivity contribution is 6.09. The number of hydrogen-bond acceptors (Lipinski definition) is 7. The molecule has 180 valence electrons. The standard InChI is InChI=1S/C27H27N3O5/c31-18-35-26(16-19-12-14-28-15-13-19)24-17-23(10-11-25(24)30(33)34)29-22-8-6-21(7-9-22)27(32)20-4-2-1-3-5-20/h1-11,17-19,26,28-29H,12-16H2. The summed E-state index contributed by atoms with van der Waals surface area (Å²) in [7, 11) is 0. The molecule has 1 heterocycles. The van der Waals surface area contributed by atoms with Gasteiger partial charge in [-0.25, -0.2) is 0 Å². The molecule has 2 N–H and O–H groups in total. The number of nitrogens with one attached hydrogen (secondary N) is 2. The smallest absolute Gasteiger partial charge is 0.293 e. The van der Waals surface area contributed by atoms with E-state index in [1.54, 1.807) is 48.5 Å². The van der Waals surface area contributed by atoms with Crippen LogP contribution in [0.1, 0.15) is 46.9 Å². The van der Waals surface area contributed by atoms with Gasteiger partial charge in [0.1, 0.15) is 6.10 Å². The normalized spacial score (nSPS) is 14.6. The molecule has 1 fully saturated rings. The molecule has 0 amide bonds. The van der Waals surface area contributed by atoms with Gasteiger partial charge in [0, 0.05) is 28.6 Å². The Hall–Kier alpha value is -4.04. The summed E-state index contributed by atoms with van der Waals surface area (Å²) in [5, 5.41) is 18.2. The first-order valence-corrected chi connectivity index (χ1v) is 11.6. The van der Waals surface area contributed by atoms with Gasteiger partial charge >= 0.3 is 0 Å². The number of nitro groups is 1. The molecule has 0 spiro atoms. The van der Waals surface area contributed by atoms with E-state index in [-0.39, 0.29) is 11.5 Å². The quantitative estimate of drug-likeness (QED) is 0.181. The molecule has 4 rings (SSSR count). The second-order valence-electron chi connectivity index (χ2n) is 8.58. The largest absolute Gasteiger partial charge is 0.459 e. The molecule has 1 aliphatic heterocycles. The molecule has 8 nitrogen and oxygen atoms in total. The summed E-state index contributed by atoms with van der Waals surface area (Å²) in [5.41, 5.74) is 2.80. The van der Waals surface area contributed by atoms with E-state index in [2.05, 4.69) is 10.6 Å². The fourth-order valence-electron chi connectivity index (χ4n) is 4.43. The van der Waals surface area contributed by atoms with Crippen molar-refractivity contribution in [3.8, 4) is 0 Å². The van der Waals surface area contributed by atoms with E-state index in [1.165, 1.54) is 6.07 Å². The third-order valence-corrected chi connectivity index (χ3v) is 6.27. The molecule has 0 aromatic heterocycles. The van der Waals surface area contributed by atoms with Gasteiger partial charge in [-0.15, -0.1) is 0 Å². The number of ether oxygens (including phenoxy) is 1. The van der Waals surface area contributed by atoms with Crippen molar-refractivity contribution in [3.05, 3.63) is 99.6 Å². The SMILES string of the molecule is O=COC(CC1CCNCC1)c1cc(Nc2ccc(C(=O)c3ccccc3)cc2)ccc1[N+](=O)[O-]. The van der Waals surface area contributed by atoms with Crippen molar-refractivity contribution >= 4 is 29.3 Å². The number of nitrogens with zero attached hydrogens (tertiary/aromatic N) is 1. The number of rotatable bonds is 10. The van der Waals surface area contributed by atoms with Gasteiger partial charge in [-0.05, 0) is 74.7 Å². The Morgan fingerprint density at radius 1 is 1.03 bits per heavy atom. The van der Waals surface area contributed by atoms with Crippen molar-refractivity contribution in [1.29, 1.82) is 0 Å². The van der Waals surface area contributed by atoms with Crippen LogP contribution in [-0.2, 0) is 9.53 Å². The summed E-state index contributed by atoms with van der Waals surface area (Å²) in [6.45, 7) is 2.12. The monoisotopic (exact) mass is 473 g/mol. The number of anilines is 2. The van der Waals surface area contributed by atoms with Gasteiger partial charge in [0.2, 0.25) is 0 Å². The first-order valence-electron chi connectivity index (χ1n) is 11.6. The lowest BCUT2D eigenvalue weighted by Gasteiger charge is -2.26. The van der Waals surface area contributed by atoms with E-state index in [0.717, 1.165) is 31.6 Å². The second-order valence-corrected chi connectivity index (χ2v) is 8.58. The molecule has 0 bridgehead atoms. The van der Waals surface area contributed by atoms with E-state index >= 15 is 0 Å². The first-order chi connectivity index (χ1) is 17.0. The van der Waals surface area contributed by atoms with Gasteiger partial charge in [0.25, 0.3) is 12.2 Å². The summed E-state index contributed by atoms with van der Waals surface area (Å²) in [4.78, 5) is 35.1. The highest BCUT2D eigenvalue weighted by Gasteiger charge is 2.27. The Morgan fingerprint density at radius 2 is 1.69 bits per heavy atom. The third-order valence-electron chi connectivity index (χ3n) is 6.27. The highest BCUT2D eigenvalue weighted by atomic mass is 16.6. The van der Waals surface area contributed by atoms with Gasteiger partial charge < -0.3 is 15.4 Å². The first kappa shape index (κ1) is 24.1. The summed E-state index contributed by atoms with van der Waals surface area (Å²) >= 11 is 0. The Morgan fingerprint density at radius 3 is 2.34 bits per heavy atom. The number of carbonyl (C=O) groups is 2. The maximum Gasteiger partial charge on any atom is 0.293 e. The zero-order chi connectivity index (χ0) is 24.6. The lowest BCUT2D eigenvalue weighted by atomic mass is 9.89. The minimum atomic E-state index is -0.705. The van der Waals surface area contributed by atoms with Crippen LogP contribution in [0.25, 0.3) is 0 Å². The molecule has 0 aliphatic carbocycles. The average Bonchev–Trinajstić information content (AvgIpc) is 2.89. The van der Waals surface area contributed by atoms with E-state index in [1.807, 2.05) is 18.2 Å². The highest BCUT2D eigenvalue weighted by Crippen LogP contribution is 2.36. The third kappa shape index (κ3) is 6.10. The number of carbonyl (C=O) groups excluding carboxylic acids is 2. The minimum absolute atomic E-state index is 0.0680. The van der Waals surface area contributed by atoms with Crippen LogP contribution in [0, 0.1) is 16.0 Å². The van der Waals surface area contributed by atoms with Gasteiger partial charge in [-0.2, -0.15) is 0 Å². The Kier molecular flexibility index (Phi) is 7.84. The lowest BCUT2D eigenvalue weighted by Crippen LogP contribution is -2.29. The van der Waals surface area contributed by atoms with E-state index < -0.39 is 11.0 Å². The summed E-state index contributed by atoms with van der Waals surface area (Å²) in [6, 6.07) is 20.8. The Labute approximate surface area is 203 Å². The summed E-state index contributed by atoms with van der Waals surface area (Å²) in [6.07, 6.45) is 1.68. The maximum absolute atomic E-state index is 12.6. The van der Waals surface area contributed by atoms with Crippen LogP contribution >= 0.6 is 0 Å². The molecule has 0 saturated carbocycles.